The average Bonchev–Trinajstić information content (AvgIpc) is 3.11. The predicted octanol–water partition coefficient (Wildman–Crippen LogP) is 5.27. The number of nitrogens with zero attached hydrogens (tertiary/aromatic N) is 3. The molecule has 1 aromatic heterocycles. The Hall–Kier alpha value is -2.22. The molecule has 148 valence electrons. The van der Waals surface area contributed by atoms with Crippen LogP contribution in [0.25, 0.3) is 17.0 Å². The number of hydrogen-bond acceptors (Lipinski definition) is 2. The predicted molar refractivity (Wildman–Crippen MR) is 121 cm³/mol. The van der Waals surface area contributed by atoms with Crippen molar-refractivity contribution < 1.29 is 9.18 Å². The molecule has 1 saturated heterocycles. The van der Waals surface area contributed by atoms with Gasteiger partial charge in [-0.2, -0.15) is 0 Å². The molecule has 0 N–H and O–H groups in total. The second-order valence-corrected chi connectivity index (χ2v) is 8.50. The molecule has 0 atom stereocenters. The molecule has 0 unspecified atom stereocenters. The zero-order valence-corrected chi connectivity index (χ0v) is 18.8. The summed E-state index contributed by atoms with van der Waals surface area (Å²) in [5.41, 5.74) is 2.65. The van der Waals surface area contributed by atoms with E-state index in [1.165, 1.54) is 11.0 Å². The highest BCUT2D eigenvalue weighted by Gasteiger charge is 2.33. The summed E-state index contributed by atoms with van der Waals surface area (Å²) in [5, 5.41) is 1.76. The monoisotopic (exact) mass is 491 g/mol. The van der Waals surface area contributed by atoms with Crippen molar-refractivity contribution in [3.63, 3.8) is 0 Å². The van der Waals surface area contributed by atoms with Gasteiger partial charge in [-0.1, -0.05) is 33.6 Å². The maximum atomic E-state index is 14.3. The molecule has 29 heavy (non-hydrogen) atoms. The molecule has 2 heterocycles. The summed E-state index contributed by atoms with van der Waals surface area (Å²) in [6.45, 7) is 0.273. The summed E-state index contributed by atoms with van der Waals surface area (Å²) < 4.78 is 17.2. The van der Waals surface area contributed by atoms with Gasteiger partial charge < -0.3 is 9.47 Å². The Balaban J connectivity index is 1.86. The van der Waals surface area contributed by atoms with Crippen LogP contribution in [-0.4, -0.2) is 39.5 Å². The van der Waals surface area contributed by atoms with Crippen molar-refractivity contribution in [2.24, 2.45) is 0 Å². The van der Waals surface area contributed by atoms with Gasteiger partial charge in [0.05, 0.1) is 6.54 Å². The highest BCUT2D eigenvalue weighted by molar-refractivity contribution is 9.10. The van der Waals surface area contributed by atoms with E-state index in [-0.39, 0.29) is 18.3 Å². The van der Waals surface area contributed by atoms with E-state index in [1.54, 1.807) is 31.1 Å². The first kappa shape index (κ1) is 20.1. The van der Waals surface area contributed by atoms with Gasteiger partial charge in [-0.3, -0.25) is 9.69 Å². The molecule has 1 aliphatic rings. The minimum absolute atomic E-state index is 0.162. The molecule has 2 aromatic carbocycles. The van der Waals surface area contributed by atoms with E-state index in [0.29, 0.717) is 21.4 Å². The lowest BCUT2D eigenvalue weighted by Crippen LogP contribution is -2.26. The number of benzene rings is 2. The first-order chi connectivity index (χ1) is 13.8. The Morgan fingerprint density at radius 2 is 1.97 bits per heavy atom. The number of aromatic nitrogens is 1. The average molecular weight is 493 g/mol. The second kappa shape index (κ2) is 7.55. The SMILES string of the molecule is CN1C(=O)/C(=C/c2cn(Cc3c(F)cccc3Cl)c3ccc(Br)cc23)N(C)C1=S. The fraction of sp³-hybridized carbons (Fsp3) is 0.143. The molecular formula is C21H16BrClFN3OS. The fourth-order valence-corrected chi connectivity index (χ4v) is 4.20. The summed E-state index contributed by atoms with van der Waals surface area (Å²) in [5.74, 6) is -0.514. The maximum absolute atomic E-state index is 14.3. The Kier molecular flexibility index (Phi) is 5.23. The molecule has 1 fully saturated rings. The number of carbonyl (C=O) groups is 1. The van der Waals surface area contributed by atoms with Gasteiger partial charge in [-0.05, 0) is 48.6 Å². The largest absolute Gasteiger partial charge is 0.342 e. The van der Waals surface area contributed by atoms with Crippen LogP contribution < -0.4 is 0 Å². The van der Waals surface area contributed by atoms with Crippen molar-refractivity contribution in [1.82, 2.24) is 14.4 Å². The molecule has 1 amide bonds. The smallest absolute Gasteiger partial charge is 0.276 e. The highest BCUT2D eigenvalue weighted by Crippen LogP contribution is 2.31. The molecular weight excluding hydrogens is 477 g/mol. The van der Waals surface area contributed by atoms with Gasteiger partial charge in [0.25, 0.3) is 5.91 Å². The number of amides is 1. The maximum Gasteiger partial charge on any atom is 0.276 e. The topological polar surface area (TPSA) is 28.5 Å². The van der Waals surface area contributed by atoms with Crippen LogP contribution in [0.3, 0.4) is 0 Å². The van der Waals surface area contributed by atoms with Gasteiger partial charge in [-0.25, -0.2) is 4.39 Å². The fourth-order valence-electron chi connectivity index (χ4n) is 3.43. The number of hydrogen-bond donors (Lipinski definition) is 0. The first-order valence-corrected chi connectivity index (χ1v) is 10.3. The zero-order valence-electron chi connectivity index (χ0n) is 15.6. The van der Waals surface area contributed by atoms with Gasteiger partial charge in [0.1, 0.15) is 11.5 Å². The van der Waals surface area contributed by atoms with Gasteiger partial charge in [0, 0.05) is 51.8 Å². The summed E-state index contributed by atoms with van der Waals surface area (Å²) in [4.78, 5) is 15.7. The third kappa shape index (κ3) is 3.47. The van der Waals surface area contributed by atoms with E-state index >= 15 is 0 Å². The third-order valence-corrected chi connectivity index (χ3v) is 6.41. The Morgan fingerprint density at radius 3 is 2.62 bits per heavy atom. The molecule has 0 spiro atoms. The summed E-state index contributed by atoms with van der Waals surface area (Å²) in [7, 11) is 3.42. The van der Waals surface area contributed by atoms with Crippen LogP contribution in [0, 0.1) is 5.82 Å². The minimum Gasteiger partial charge on any atom is -0.342 e. The molecule has 4 rings (SSSR count). The minimum atomic E-state index is -0.353. The first-order valence-electron chi connectivity index (χ1n) is 8.76. The summed E-state index contributed by atoms with van der Waals surface area (Å²) in [6, 6.07) is 10.5. The molecule has 1 aliphatic heterocycles. The second-order valence-electron chi connectivity index (χ2n) is 6.81. The summed E-state index contributed by atoms with van der Waals surface area (Å²) in [6.07, 6.45) is 3.71. The van der Waals surface area contributed by atoms with Crippen LogP contribution in [0.1, 0.15) is 11.1 Å². The molecule has 0 saturated carbocycles. The molecule has 4 nitrogen and oxygen atoms in total. The van der Waals surface area contributed by atoms with Gasteiger partial charge in [0.2, 0.25) is 0 Å². The summed E-state index contributed by atoms with van der Waals surface area (Å²) >= 11 is 15.0. The van der Waals surface area contributed by atoms with Gasteiger partial charge in [0.15, 0.2) is 5.11 Å². The van der Waals surface area contributed by atoms with E-state index in [9.17, 15) is 9.18 Å². The van der Waals surface area contributed by atoms with Crippen LogP contribution in [0.2, 0.25) is 5.02 Å². The van der Waals surface area contributed by atoms with E-state index in [4.69, 9.17) is 23.8 Å². The van der Waals surface area contributed by atoms with E-state index in [0.717, 1.165) is 20.9 Å². The van der Waals surface area contributed by atoms with Crippen LogP contribution in [0.15, 0.2) is 52.8 Å². The van der Waals surface area contributed by atoms with E-state index < -0.39 is 0 Å². The van der Waals surface area contributed by atoms with E-state index in [2.05, 4.69) is 15.9 Å². The van der Waals surface area contributed by atoms with E-state index in [1.807, 2.05) is 35.0 Å². The lowest BCUT2D eigenvalue weighted by molar-refractivity contribution is -0.121. The van der Waals surface area contributed by atoms with Gasteiger partial charge >= 0.3 is 0 Å². The Bertz CT molecular complexity index is 1190. The quantitative estimate of drug-likeness (QED) is 0.368. The molecule has 0 radical (unpaired) electrons. The highest BCUT2D eigenvalue weighted by atomic mass is 79.9. The van der Waals surface area contributed by atoms with Crippen molar-refractivity contribution >= 4 is 67.7 Å². The van der Waals surface area contributed by atoms with Crippen molar-refractivity contribution in [3.8, 4) is 0 Å². The normalized spacial score (nSPS) is 16.0. The third-order valence-electron chi connectivity index (χ3n) is 5.02. The van der Waals surface area contributed by atoms with Gasteiger partial charge in [-0.15, -0.1) is 0 Å². The molecule has 0 aliphatic carbocycles. The van der Waals surface area contributed by atoms with Crippen molar-refractivity contribution in [2.75, 3.05) is 14.1 Å². The van der Waals surface area contributed by atoms with Crippen molar-refractivity contribution in [3.05, 3.63) is 74.7 Å². The van der Waals surface area contributed by atoms with Crippen LogP contribution in [0.4, 0.5) is 4.39 Å². The van der Waals surface area contributed by atoms with Crippen molar-refractivity contribution in [1.29, 1.82) is 0 Å². The van der Waals surface area contributed by atoms with Crippen LogP contribution >= 0.6 is 39.7 Å². The zero-order chi connectivity index (χ0) is 20.9. The number of rotatable bonds is 3. The lowest BCUT2D eigenvalue weighted by Gasteiger charge is -2.10. The number of halogens is 3. The molecule has 0 bridgehead atoms. The standard InChI is InChI=1S/C21H16BrClFN3OS/c1-25-19(20(28)26(2)21(25)29)8-12-10-27(18-7-6-13(22)9-14(12)18)11-15-16(23)4-3-5-17(15)24/h3-10H,11H2,1-2H3/b19-8-. The number of carbonyl (C=O) groups excluding carboxylic acids is 1. The lowest BCUT2D eigenvalue weighted by atomic mass is 10.1. The van der Waals surface area contributed by atoms with Crippen LogP contribution in [-0.2, 0) is 11.3 Å². The molecule has 8 heteroatoms. The number of fused-ring (bicyclic) bond motifs is 1. The number of thiocarbonyl (C=S) groups is 1. The van der Waals surface area contributed by atoms with Crippen LogP contribution in [0.5, 0.6) is 0 Å². The molecule has 3 aromatic rings. The Labute approximate surface area is 186 Å². The Morgan fingerprint density at radius 1 is 1.21 bits per heavy atom. The van der Waals surface area contributed by atoms with Crippen molar-refractivity contribution in [2.45, 2.75) is 6.54 Å². The number of likely N-dealkylation sites (N-methyl/N-ethyl adjacent to an activating group) is 2.